The van der Waals surface area contributed by atoms with Gasteiger partial charge in [-0.2, -0.15) is 0 Å². The molecular weight excluding hydrogens is 172 g/mol. The molecule has 0 aliphatic carbocycles. The van der Waals surface area contributed by atoms with E-state index in [0.29, 0.717) is 11.4 Å². The monoisotopic (exact) mass is 178 g/mol. The van der Waals surface area contributed by atoms with Crippen LogP contribution in [0.3, 0.4) is 0 Å². The van der Waals surface area contributed by atoms with Gasteiger partial charge in [-0.25, -0.2) is 0 Å². The Morgan fingerprint density at radius 3 is 2.54 bits per heavy atom. The van der Waals surface area contributed by atoms with Gasteiger partial charge in [0.2, 0.25) is 6.08 Å². The van der Waals surface area contributed by atoms with E-state index in [9.17, 15) is 5.11 Å². The maximum atomic E-state index is 10.5. The van der Waals surface area contributed by atoms with Crippen molar-refractivity contribution < 1.29 is 14.4 Å². The SMILES string of the molecule is Nc1ccc(-[n+]2noc([O-])n2)cc1. The van der Waals surface area contributed by atoms with E-state index >= 15 is 0 Å². The topological polar surface area (TPSA) is 91.9 Å². The molecule has 2 N–H and O–H groups in total. The van der Waals surface area contributed by atoms with E-state index < -0.39 is 6.08 Å². The van der Waals surface area contributed by atoms with Crippen LogP contribution in [0, 0.1) is 0 Å². The maximum absolute atomic E-state index is 10.5. The molecule has 0 saturated carbocycles. The molecule has 0 unspecified atom stereocenters. The van der Waals surface area contributed by atoms with Gasteiger partial charge < -0.3 is 15.4 Å². The summed E-state index contributed by atoms with van der Waals surface area (Å²) in [6, 6.07) is 6.74. The minimum absolute atomic E-state index is 0.625. The van der Waals surface area contributed by atoms with Crippen LogP contribution in [-0.4, -0.2) is 10.4 Å². The molecule has 1 heterocycles. The van der Waals surface area contributed by atoms with Crippen LogP contribution in [-0.2, 0) is 0 Å². The predicted molar refractivity (Wildman–Crippen MR) is 39.7 cm³/mol. The van der Waals surface area contributed by atoms with E-state index in [1.165, 1.54) is 0 Å². The summed E-state index contributed by atoms with van der Waals surface area (Å²) in [4.78, 5) is 1.10. The summed E-state index contributed by atoms with van der Waals surface area (Å²) < 4.78 is 4.26. The molecule has 1 aromatic carbocycles. The molecule has 6 nitrogen and oxygen atoms in total. The maximum Gasteiger partial charge on any atom is 0.269 e. The quantitative estimate of drug-likeness (QED) is 0.446. The number of benzene rings is 1. The highest BCUT2D eigenvalue weighted by Crippen LogP contribution is 2.04. The van der Waals surface area contributed by atoms with Gasteiger partial charge in [0.15, 0.2) is 0 Å². The van der Waals surface area contributed by atoms with E-state index in [4.69, 9.17) is 5.73 Å². The van der Waals surface area contributed by atoms with Gasteiger partial charge in [-0.1, -0.05) is 0 Å². The fraction of sp³-hybridized carbons (Fsp3) is 0. The first kappa shape index (κ1) is 7.53. The normalized spacial score (nSPS) is 10.2. The second-order valence-corrected chi connectivity index (χ2v) is 2.42. The van der Waals surface area contributed by atoms with E-state index in [2.05, 4.69) is 14.9 Å². The summed E-state index contributed by atoms with van der Waals surface area (Å²) in [5.41, 5.74) is 6.73. The van der Waals surface area contributed by atoms with E-state index in [1.54, 1.807) is 24.3 Å². The lowest BCUT2D eigenvalue weighted by Gasteiger charge is -1.88. The van der Waals surface area contributed by atoms with E-state index in [0.717, 1.165) is 4.80 Å². The zero-order valence-corrected chi connectivity index (χ0v) is 6.54. The molecule has 0 spiro atoms. The van der Waals surface area contributed by atoms with Crippen LogP contribution in [0.4, 0.5) is 5.69 Å². The van der Waals surface area contributed by atoms with Crippen molar-refractivity contribution in [3.63, 3.8) is 0 Å². The first-order valence-corrected chi connectivity index (χ1v) is 3.55. The Morgan fingerprint density at radius 1 is 1.31 bits per heavy atom. The fourth-order valence-electron chi connectivity index (χ4n) is 0.900. The molecule has 6 heteroatoms. The Morgan fingerprint density at radius 2 is 2.00 bits per heavy atom. The van der Waals surface area contributed by atoms with Gasteiger partial charge in [0.05, 0.1) is 9.90 Å². The number of rotatable bonds is 1. The van der Waals surface area contributed by atoms with Crippen molar-refractivity contribution in [2.75, 3.05) is 5.73 Å². The predicted octanol–water partition coefficient (Wildman–Crippen LogP) is -0.998. The summed E-state index contributed by atoms with van der Waals surface area (Å²) in [7, 11) is 0. The van der Waals surface area contributed by atoms with Crippen molar-refractivity contribution >= 4 is 5.69 Å². The first-order chi connectivity index (χ1) is 6.25. The third-order valence-electron chi connectivity index (χ3n) is 1.50. The molecule has 0 fully saturated rings. The standard InChI is InChI=1S/C7H6N4O2/c8-5-1-3-6(4-2-5)11-9-7(12)13-10-11/h1-4H,(H2-,8,9,10,12). The molecule has 2 aromatic rings. The number of hydrogen-bond donors (Lipinski definition) is 1. The first-order valence-electron chi connectivity index (χ1n) is 3.55. The smallest absolute Gasteiger partial charge is 0.269 e. The van der Waals surface area contributed by atoms with Crippen molar-refractivity contribution in [3.8, 4) is 11.8 Å². The third kappa shape index (κ3) is 1.41. The lowest BCUT2D eigenvalue weighted by molar-refractivity contribution is -0.726. The highest BCUT2D eigenvalue weighted by molar-refractivity contribution is 5.41. The van der Waals surface area contributed by atoms with Gasteiger partial charge in [0.1, 0.15) is 5.27 Å². The van der Waals surface area contributed by atoms with E-state index in [-0.39, 0.29) is 0 Å². The second kappa shape index (κ2) is 2.74. The highest BCUT2D eigenvalue weighted by Gasteiger charge is 2.09. The van der Waals surface area contributed by atoms with Gasteiger partial charge in [-0.15, -0.1) is 0 Å². The molecule has 0 radical (unpaired) electrons. The molecule has 0 atom stereocenters. The number of nitrogen functional groups attached to an aromatic ring is 1. The van der Waals surface area contributed by atoms with E-state index in [1.807, 2.05) is 0 Å². The van der Waals surface area contributed by atoms with Crippen molar-refractivity contribution in [1.82, 2.24) is 10.4 Å². The molecule has 0 bridgehead atoms. The fourth-order valence-corrected chi connectivity index (χ4v) is 0.900. The van der Waals surface area contributed by atoms with Crippen LogP contribution in [0.15, 0.2) is 28.8 Å². The molecule has 66 valence electrons. The zero-order valence-electron chi connectivity index (χ0n) is 6.54. The summed E-state index contributed by atoms with van der Waals surface area (Å²) in [6.07, 6.45) is -0.725. The van der Waals surface area contributed by atoms with Crippen LogP contribution in [0.5, 0.6) is 6.08 Å². The molecular formula is C7H6N4O2. The third-order valence-corrected chi connectivity index (χ3v) is 1.50. The highest BCUT2D eigenvalue weighted by atomic mass is 16.6. The molecule has 2 rings (SSSR count). The summed E-state index contributed by atoms with van der Waals surface area (Å²) in [5.74, 6) is 0. The Bertz CT molecular complexity index is 409. The number of nitrogens with two attached hydrogens (primary N) is 1. The van der Waals surface area contributed by atoms with Crippen molar-refractivity contribution in [2.45, 2.75) is 0 Å². The summed E-state index contributed by atoms with van der Waals surface area (Å²) in [5, 5.41) is 17.4. The molecule has 0 saturated heterocycles. The van der Waals surface area contributed by atoms with Gasteiger partial charge in [0, 0.05) is 17.8 Å². The second-order valence-electron chi connectivity index (χ2n) is 2.42. The van der Waals surface area contributed by atoms with Crippen molar-refractivity contribution in [2.24, 2.45) is 0 Å². The number of nitrogens with zero attached hydrogens (tertiary/aromatic N) is 3. The molecule has 0 amide bonds. The Kier molecular flexibility index (Phi) is 1.59. The van der Waals surface area contributed by atoms with Gasteiger partial charge in [0.25, 0.3) is 5.69 Å². The van der Waals surface area contributed by atoms with Gasteiger partial charge in [-0.05, 0) is 12.1 Å². The average Bonchev–Trinajstić information content (AvgIpc) is 2.53. The van der Waals surface area contributed by atoms with Crippen LogP contribution < -0.4 is 15.6 Å². The molecule has 0 aliphatic heterocycles. The van der Waals surface area contributed by atoms with Crippen molar-refractivity contribution in [1.29, 1.82) is 0 Å². The average molecular weight is 178 g/mol. The number of aromatic nitrogens is 3. The van der Waals surface area contributed by atoms with Gasteiger partial charge in [-0.3, -0.25) is 0 Å². The zero-order chi connectivity index (χ0) is 9.26. The lowest BCUT2D eigenvalue weighted by Crippen LogP contribution is -2.35. The Balaban J connectivity index is 2.41. The van der Waals surface area contributed by atoms with Crippen LogP contribution in [0.25, 0.3) is 5.69 Å². The minimum Gasteiger partial charge on any atom is -0.523 e. The Hall–Kier alpha value is -2.11. The molecule has 1 aromatic heterocycles. The van der Waals surface area contributed by atoms with Crippen LogP contribution in [0.2, 0.25) is 0 Å². The number of hydrogen-bond acceptors (Lipinski definition) is 5. The van der Waals surface area contributed by atoms with Crippen molar-refractivity contribution in [3.05, 3.63) is 24.3 Å². The van der Waals surface area contributed by atoms with Crippen LogP contribution >= 0.6 is 0 Å². The molecule has 13 heavy (non-hydrogen) atoms. The molecule has 0 aliphatic rings. The van der Waals surface area contributed by atoms with Crippen LogP contribution in [0.1, 0.15) is 0 Å². The summed E-state index contributed by atoms with van der Waals surface area (Å²) in [6.45, 7) is 0. The van der Waals surface area contributed by atoms with Gasteiger partial charge >= 0.3 is 0 Å². The number of anilines is 1. The lowest BCUT2D eigenvalue weighted by atomic mass is 10.3. The largest absolute Gasteiger partial charge is 0.523 e. The minimum atomic E-state index is -0.725. The Labute approximate surface area is 73.2 Å². The summed E-state index contributed by atoms with van der Waals surface area (Å²) >= 11 is 0.